The smallest absolute Gasteiger partial charge is 0.407 e. The van der Waals surface area contributed by atoms with Crippen molar-refractivity contribution in [2.45, 2.75) is 71.5 Å². The molecule has 0 spiro atoms. The van der Waals surface area contributed by atoms with E-state index in [1.165, 1.54) is 0 Å². The number of methoxy groups -OCH3 is 2. The molecule has 1 aliphatic carbocycles. The van der Waals surface area contributed by atoms with Gasteiger partial charge in [0.25, 0.3) is 0 Å². The van der Waals surface area contributed by atoms with Crippen molar-refractivity contribution in [2.75, 3.05) is 27.4 Å². The van der Waals surface area contributed by atoms with E-state index in [0.29, 0.717) is 35.8 Å². The van der Waals surface area contributed by atoms with Crippen molar-refractivity contribution >= 4 is 17.8 Å². The third-order valence-corrected chi connectivity index (χ3v) is 8.06. The average Bonchev–Trinajstić information content (AvgIpc) is 3.35. The highest BCUT2D eigenvalue weighted by molar-refractivity contribution is 5.86. The first-order valence-corrected chi connectivity index (χ1v) is 15.4. The molecule has 9 heteroatoms. The number of benzene rings is 3. The van der Waals surface area contributed by atoms with Gasteiger partial charge >= 0.3 is 6.09 Å². The number of fused-ring (bicyclic) bond motifs is 3. The molecular formula is C36H44N2O7. The maximum atomic E-state index is 13.7. The number of ether oxygens (including phenoxy) is 4. The Labute approximate surface area is 265 Å². The molecule has 0 saturated heterocycles. The van der Waals surface area contributed by atoms with Crippen molar-refractivity contribution in [2.24, 2.45) is 0 Å². The fourth-order valence-electron chi connectivity index (χ4n) is 5.68. The highest BCUT2D eigenvalue weighted by Crippen LogP contribution is 2.44. The van der Waals surface area contributed by atoms with Gasteiger partial charge in [-0.2, -0.15) is 0 Å². The highest BCUT2D eigenvalue weighted by Gasteiger charge is 2.31. The van der Waals surface area contributed by atoms with Crippen LogP contribution in [0.15, 0.2) is 60.7 Å². The number of nitrogens with one attached hydrogen (secondary N) is 1. The van der Waals surface area contributed by atoms with E-state index in [9.17, 15) is 14.4 Å². The summed E-state index contributed by atoms with van der Waals surface area (Å²) in [6.07, 6.45) is 1.38. The molecule has 3 aromatic carbocycles. The summed E-state index contributed by atoms with van der Waals surface area (Å²) in [4.78, 5) is 39.4. The van der Waals surface area contributed by atoms with E-state index in [2.05, 4.69) is 29.6 Å². The van der Waals surface area contributed by atoms with Crippen LogP contribution in [0.25, 0.3) is 11.1 Å². The van der Waals surface area contributed by atoms with Crippen LogP contribution in [0.4, 0.5) is 4.79 Å². The first-order valence-electron chi connectivity index (χ1n) is 15.4. The summed E-state index contributed by atoms with van der Waals surface area (Å²) >= 11 is 0. The first kappa shape index (κ1) is 33.4. The minimum atomic E-state index is -0.836. The van der Waals surface area contributed by atoms with Crippen LogP contribution in [-0.2, 0) is 20.9 Å². The highest BCUT2D eigenvalue weighted by atomic mass is 16.5. The summed E-state index contributed by atoms with van der Waals surface area (Å²) in [5, 5.41) is 2.72. The number of hydrogen-bond acceptors (Lipinski definition) is 7. The van der Waals surface area contributed by atoms with Gasteiger partial charge in [-0.25, -0.2) is 4.79 Å². The standard InChI is InChI=1S/C36H44N2O7/c1-23(2)38(21-31-33(42-5)19-26(20-34(31)43-6)44-18-12-11-13-24(3)39)35(40)25(4)37-36(41)45-22-32-29-16-9-7-14-27(29)28-15-8-10-17-30(28)32/h7-10,14-17,19-20,23,25,32H,11-13,18,21-22H2,1-6H3,(H,37,41)/t25-/m1/s1. The molecule has 240 valence electrons. The molecule has 0 aliphatic heterocycles. The van der Waals surface area contributed by atoms with E-state index in [1.807, 2.05) is 38.1 Å². The van der Waals surface area contributed by atoms with Crippen molar-refractivity contribution in [1.82, 2.24) is 10.2 Å². The van der Waals surface area contributed by atoms with Gasteiger partial charge in [-0.05, 0) is 62.8 Å². The Bertz CT molecular complexity index is 1430. The first-order chi connectivity index (χ1) is 21.6. The largest absolute Gasteiger partial charge is 0.496 e. The van der Waals surface area contributed by atoms with E-state index in [4.69, 9.17) is 18.9 Å². The van der Waals surface area contributed by atoms with Crippen LogP contribution in [0, 0.1) is 0 Å². The number of alkyl carbamates (subject to hydrolysis) is 1. The Hall–Kier alpha value is -4.53. The molecule has 0 aromatic heterocycles. The molecule has 0 saturated carbocycles. The van der Waals surface area contributed by atoms with E-state index in [1.54, 1.807) is 45.1 Å². The molecule has 0 unspecified atom stereocenters. The second kappa shape index (κ2) is 15.5. The Morgan fingerprint density at radius 1 is 0.867 bits per heavy atom. The topological polar surface area (TPSA) is 103 Å². The van der Waals surface area contributed by atoms with Crippen LogP contribution in [0.2, 0.25) is 0 Å². The van der Waals surface area contributed by atoms with Crippen LogP contribution in [-0.4, -0.2) is 62.2 Å². The molecule has 1 N–H and O–H groups in total. The molecule has 0 radical (unpaired) electrons. The van der Waals surface area contributed by atoms with Crippen molar-refractivity contribution in [3.63, 3.8) is 0 Å². The number of carbonyl (C=O) groups excluding carboxylic acids is 3. The van der Waals surface area contributed by atoms with Gasteiger partial charge in [-0.1, -0.05) is 48.5 Å². The third kappa shape index (κ3) is 8.15. The fourth-order valence-corrected chi connectivity index (χ4v) is 5.68. The molecule has 45 heavy (non-hydrogen) atoms. The van der Waals surface area contributed by atoms with Crippen LogP contribution in [0.1, 0.15) is 69.6 Å². The number of nitrogens with zero attached hydrogens (tertiary/aromatic N) is 1. The van der Waals surface area contributed by atoms with Crippen LogP contribution in [0.3, 0.4) is 0 Å². The van der Waals surface area contributed by atoms with Gasteiger partial charge in [-0.15, -0.1) is 0 Å². The monoisotopic (exact) mass is 616 g/mol. The molecule has 1 aliphatic rings. The zero-order valence-corrected chi connectivity index (χ0v) is 27.1. The molecule has 2 amide bonds. The van der Waals surface area contributed by atoms with Crippen molar-refractivity contribution in [1.29, 1.82) is 0 Å². The molecule has 9 nitrogen and oxygen atoms in total. The molecule has 0 heterocycles. The molecule has 0 fully saturated rings. The lowest BCUT2D eigenvalue weighted by Gasteiger charge is -2.31. The van der Waals surface area contributed by atoms with Gasteiger partial charge in [0, 0.05) is 30.5 Å². The lowest BCUT2D eigenvalue weighted by molar-refractivity contribution is -0.135. The number of rotatable bonds is 15. The van der Waals surface area contributed by atoms with Gasteiger partial charge in [0.05, 0.1) is 32.9 Å². The lowest BCUT2D eigenvalue weighted by atomic mass is 9.98. The Balaban J connectivity index is 1.39. The number of Topliss-reactive ketones (excluding diaryl/α,β-unsaturated/α-hetero) is 1. The van der Waals surface area contributed by atoms with E-state index >= 15 is 0 Å². The summed E-state index contributed by atoms with van der Waals surface area (Å²) in [6, 6.07) is 18.8. The molecule has 1 atom stereocenters. The molecule has 0 bridgehead atoms. The van der Waals surface area contributed by atoms with Crippen LogP contribution in [0.5, 0.6) is 17.2 Å². The zero-order chi connectivity index (χ0) is 32.5. The average molecular weight is 617 g/mol. The third-order valence-electron chi connectivity index (χ3n) is 8.06. The number of unbranched alkanes of at least 4 members (excludes halogenated alkanes) is 1. The fraction of sp³-hybridized carbons (Fsp3) is 0.417. The predicted octanol–water partition coefficient (Wildman–Crippen LogP) is 6.51. The summed E-state index contributed by atoms with van der Waals surface area (Å²) in [5.74, 6) is 1.42. The predicted molar refractivity (Wildman–Crippen MR) is 173 cm³/mol. The van der Waals surface area contributed by atoms with Gasteiger partial charge in [0.2, 0.25) is 5.91 Å². The van der Waals surface area contributed by atoms with Gasteiger partial charge in [0.1, 0.15) is 35.7 Å². The quantitative estimate of drug-likeness (QED) is 0.194. The normalized spacial score (nSPS) is 12.6. The van der Waals surface area contributed by atoms with Crippen LogP contribution >= 0.6 is 0 Å². The van der Waals surface area contributed by atoms with Crippen molar-refractivity contribution in [3.05, 3.63) is 77.4 Å². The summed E-state index contributed by atoms with van der Waals surface area (Å²) < 4.78 is 22.9. The number of hydrogen-bond donors (Lipinski definition) is 1. The molecule has 4 rings (SSSR count). The Kier molecular flexibility index (Phi) is 11.5. The maximum absolute atomic E-state index is 13.7. The van der Waals surface area contributed by atoms with E-state index in [0.717, 1.165) is 35.1 Å². The second-order valence-corrected chi connectivity index (χ2v) is 11.6. The van der Waals surface area contributed by atoms with Crippen LogP contribution < -0.4 is 19.5 Å². The van der Waals surface area contributed by atoms with Gasteiger partial charge in [-0.3, -0.25) is 4.79 Å². The number of carbonyl (C=O) groups is 3. The SMILES string of the molecule is COc1cc(OCCCCC(C)=O)cc(OC)c1CN(C(=O)[C@@H](C)NC(=O)OCC1c2ccccc2-c2ccccc21)C(C)C. The van der Waals surface area contributed by atoms with Crippen molar-refractivity contribution < 1.29 is 33.3 Å². The number of ketones is 1. The second-order valence-electron chi connectivity index (χ2n) is 11.6. The Morgan fingerprint density at radius 3 is 1.98 bits per heavy atom. The maximum Gasteiger partial charge on any atom is 0.407 e. The zero-order valence-electron chi connectivity index (χ0n) is 27.1. The minimum Gasteiger partial charge on any atom is -0.496 e. The minimum absolute atomic E-state index is 0.0752. The summed E-state index contributed by atoms with van der Waals surface area (Å²) in [5.41, 5.74) is 5.21. The molecular weight excluding hydrogens is 572 g/mol. The van der Waals surface area contributed by atoms with E-state index in [-0.39, 0.29) is 36.8 Å². The van der Waals surface area contributed by atoms with Crippen molar-refractivity contribution in [3.8, 4) is 28.4 Å². The van der Waals surface area contributed by atoms with Gasteiger partial charge in [0.15, 0.2) is 0 Å². The summed E-state index contributed by atoms with van der Waals surface area (Å²) in [7, 11) is 3.11. The summed E-state index contributed by atoms with van der Waals surface area (Å²) in [6.45, 7) is 7.86. The Morgan fingerprint density at radius 2 is 1.44 bits per heavy atom. The number of amides is 2. The van der Waals surface area contributed by atoms with Gasteiger partial charge < -0.3 is 34.0 Å². The molecule has 3 aromatic rings. The van der Waals surface area contributed by atoms with E-state index < -0.39 is 12.1 Å². The lowest BCUT2D eigenvalue weighted by Crippen LogP contribution is -2.49.